The van der Waals surface area contributed by atoms with Gasteiger partial charge in [-0.15, -0.1) is 10.2 Å². The topological polar surface area (TPSA) is 125 Å². The average Bonchev–Trinajstić information content (AvgIpc) is 3.12. The normalized spacial score (nSPS) is 21.9. The molecule has 2 fully saturated rings. The highest BCUT2D eigenvalue weighted by atomic mass is 16.4. The number of likely N-dealkylation sites (tertiary alicyclic amines) is 1. The molecule has 1 aliphatic heterocycles. The van der Waals surface area contributed by atoms with E-state index in [4.69, 9.17) is 5.73 Å². The summed E-state index contributed by atoms with van der Waals surface area (Å²) < 4.78 is 1.98. The fourth-order valence-electron chi connectivity index (χ4n) is 4.01. The molecule has 1 amide bonds. The number of nitrogens with one attached hydrogen (secondary N) is 1. The van der Waals surface area contributed by atoms with Gasteiger partial charge in [-0.3, -0.25) is 4.40 Å². The highest BCUT2D eigenvalue weighted by Crippen LogP contribution is 2.34. The molecule has 1 saturated heterocycles. The second-order valence-corrected chi connectivity index (χ2v) is 7.70. The first kappa shape index (κ1) is 18.7. The van der Waals surface area contributed by atoms with Gasteiger partial charge >= 0.3 is 6.09 Å². The molecule has 1 saturated carbocycles. The third-order valence-corrected chi connectivity index (χ3v) is 5.81. The van der Waals surface area contributed by atoms with Crippen LogP contribution in [0.2, 0.25) is 0 Å². The summed E-state index contributed by atoms with van der Waals surface area (Å²) in [5.41, 5.74) is 7.65. The summed E-state index contributed by atoms with van der Waals surface area (Å²) in [5.74, 6) is 2.15. The van der Waals surface area contributed by atoms with E-state index in [2.05, 4.69) is 27.1 Å². The summed E-state index contributed by atoms with van der Waals surface area (Å²) in [7, 11) is 0. The van der Waals surface area contributed by atoms with Crippen molar-refractivity contribution in [1.29, 1.82) is 0 Å². The van der Waals surface area contributed by atoms with Gasteiger partial charge in [-0.2, -0.15) is 0 Å². The molecule has 9 nitrogen and oxygen atoms in total. The van der Waals surface area contributed by atoms with E-state index in [1.807, 2.05) is 16.7 Å². The van der Waals surface area contributed by atoms with E-state index in [0.29, 0.717) is 18.7 Å². The lowest BCUT2D eigenvalue weighted by atomic mass is 9.93. The van der Waals surface area contributed by atoms with Crippen LogP contribution in [0, 0.1) is 11.8 Å². The van der Waals surface area contributed by atoms with E-state index >= 15 is 0 Å². The number of nitrogens with two attached hydrogens (primary N) is 1. The Morgan fingerprint density at radius 2 is 2.18 bits per heavy atom. The van der Waals surface area contributed by atoms with Crippen LogP contribution in [0.1, 0.15) is 44.3 Å². The van der Waals surface area contributed by atoms with Gasteiger partial charge in [0.2, 0.25) is 0 Å². The predicted molar refractivity (Wildman–Crippen MR) is 105 cm³/mol. The van der Waals surface area contributed by atoms with Crippen molar-refractivity contribution in [3.05, 3.63) is 24.3 Å². The SMILES string of the molecule is CC[C@@H]1CN(C(=O)O)C[C@@H]1c1nnc2cnc3[nH]ccc3n12.NCCC1CC1. The molecule has 28 heavy (non-hydrogen) atoms. The lowest BCUT2D eigenvalue weighted by molar-refractivity contribution is 0.153. The van der Waals surface area contributed by atoms with E-state index in [1.165, 1.54) is 24.2 Å². The molecule has 0 spiro atoms. The first-order valence-electron chi connectivity index (χ1n) is 9.97. The number of amides is 1. The molecule has 3 aromatic rings. The third-order valence-electron chi connectivity index (χ3n) is 5.81. The number of fused-ring (bicyclic) bond motifs is 3. The van der Waals surface area contributed by atoms with Crippen molar-refractivity contribution in [1.82, 2.24) is 29.5 Å². The van der Waals surface area contributed by atoms with E-state index in [1.54, 1.807) is 6.20 Å². The van der Waals surface area contributed by atoms with Crippen LogP contribution in [0.5, 0.6) is 0 Å². The molecule has 4 heterocycles. The second kappa shape index (κ2) is 7.75. The van der Waals surface area contributed by atoms with Crippen LogP contribution in [0.25, 0.3) is 16.8 Å². The lowest BCUT2D eigenvalue weighted by Gasteiger charge is -2.14. The number of rotatable bonds is 4. The van der Waals surface area contributed by atoms with Gasteiger partial charge < -0.3 is 20.7 Å². The maximum Gasteiger partial charge on any atom is 0.407 e. The van der Waals surface area contributed by atoms with Gasteiger partial charge in [0.1, 0.15) is 5.82 Å². The number of H-pyrrole nitrogens is 1. The summed E-state index contributed by atoms with van der Waals surface area (Å²) in [5, 5.41) is 17.8. The summed E-state index contributed by atoms with van der Waals surface area (Å²) in [6.45, 7) is 3.99. The van der Waals surface area contributed by atoms with Gasteiger partial charge in [-0.25, -0.2) is 9.78 Å². The van der Waals surface area contributed by atoms with Crippen LogP contribution in [-0.2, 0) is 0 Å². The summed E-state index contributed by atoms with van der Waals surface area (Å²) in [4.78, 5) is 20.1. The molecule has 0 aromatic carbocycles. The number of aromatic amines is 1. The van der Waals surface area contributed by atoms with Crippen LogP contribution in [-0.4, -0.2) is 60.3 Å². The third kappa shape index (κ3) is 3.54. The molecule has 0 bridgehead atoms. The van der Waals surface area contributed by atoms with E-state index in [9.17, 15) is 9.90 Å². The molecule has 1 aliphatic carbocycles. The van der Waals surface area contributed by atoms with Crippen LogP contribution < -0.4 is 5.73 Å². The molecule has 5 rings (SSSR count). The zero-order valence-electron chi connectivity index (χ0n) is 16.1. The van der Waals surface area contributed by atoms with Crippen molar-refractivity contribution in [3.63, 3.8) is 0 Å². The zero-order chi connectivity index (χ0) is 19.7. The first-order chi connectivity index (χ1) is 13.6. The second-order valence-electron chi connectivity index (χ2n) is 7.70. The Labute approximate surface area is 162 Å². The molecular weight excluding hydrogens is 358 g/mol. The Kier molecular flexibility index (Phi) is 5.17. The standard InChI is InChI=1S/C14H16N6O2.C5H11N/c1-2-8-6-19(14(21)22)7-9(8)13-18-17-11-5-16-12-10(20(11)13)3-4-15-12;6-4-3-5-1-2-5/h3-5,8-9,15H,2,6-7H2,1H3,(H,21,22);5H,1-4,6H2/t8-,9+;/m1./s1. The molecule has 4 N–H and O–H groups in total. The molecule has 0 radical (unpaired) electrons. The monoisotopic (exact) mass is 385 g/mol. The van der Waals surface area contributed by atoms with Crippen molar-refractivity contribution in [3.8, 4) is 0 Å². The Morgan fingerprint density at radius 1 is 1.36 bits per heavy atom. The number of carbonyl (C=O) groups is 1. The molecule has 2 atom stereocenters. The molecule has 2 aliphatic rings. The van der Waals surface area contributed by atoms with Crippen molar-refractivity contribution >= 4 is 22.9 Å². The first-order valence-corrected chi connectivity index (χ1v) is 9.97. The lowest BCUT2D eigenvalue weighted by Crippen LogP contribution is -2.26. The maximum absolute atomic E-state index is 11.3. The van der Waals surface area contributed by atoms with Crippen molar-refractivity contribution in [2.45, 2.75) is 38.5 Å². The summed E-state index contributed by atoms with van der Waals surface area (Å²) >= 11 is 0. The Hall–Kier alpha value is -2.68. The minimum Gasteiger partial charge on any atom is -0.465 e. The zero-order valence-corrected chi connectivity index (χ0v) is 16.1. The van der Waals surface area contributed by atoms with Gasteiger partial charge in [0.15, 0.2) is 11.3 Å². The number of carboxylic acid groups (broad SMARTS) is 1. The number of hydrogen-bond acceptors (Lipinski definition) is 5. The molecule has 9 heteroatoms. The van der Waals surface area contributed by atoms with E-state index in [0.717, 1.165) is 35.9 Å². The Balaban J connectivity index is 0.000000275. The van der Waals surface area contributed by atoms with Gasteiger partial charge in [-0.1, -0.05) is 26.2 Å². The highest BCUT2D eigenvalue weighted by molar-refractivity contribution is 5.74. The summed E-state index contributed by atoms with van der Waals surface area (Å²) in [6, 6.07) is 1.94. The minimum absolute atomic E-state index is 0.0524. The fourth-order valence-corrected chi connectivity index (χ4v) is 4.01. The van der Waals surface area contributed by atoms with Crippen LogP contribution in [0.4, 0.5) is 4.79 Å². The molecule has 150 valence electrons. The van der Waals surface area contributed by atoms with E-state index < -0.39 is 6.09 Å². The predicted octanol–water partition coefficient (Wildman–Crippen LogP) is 2.45. The van der Waals surface area contributed by atoms with Crippen molar-refractivity contribution in [2.24, 2.45) is 17.6 Å². The van der Waals surface area contributed by atoms with Gasteiger partial charge in [0, 0.05) is 25.2 Å². The Morgan fingerprint density at radius 3 is 2.82 bits per heavy atom. The van der Waals surface area contributed by atoms with Crippen molar-refractivity contribution in [2.75, 3.05) is 19.6 Å². The van der Waals surface area contributed by atoms with Gasteiger partial charge in [0.25, 0.3) is 0 Å². The summed E-state index contributed by atoms with van der Waals surface area (Å²) in [6.07, 6.45) is 7.69. The number of aromatic nitrogens is 5. The fraction of sp³-hybridized carbons (Fsp3) is 0.579. The van der Waals surface area contributed by atoms with Crippen LogP contribution >= 0.6 is 0 Å². The number of nitrogens with zero attached hydrogens (tertiary/aromatic N) is 5. The van der Waals surface area contributed by atoms with Gasteiger partial charge in [0.05, 0.1) is 11.7 Å². The highest BCUT2D eigenvalue weighted by Gasteiger charge is 2.38. The van der Waals surface area contributed by atoms with E-state index in [-0.39, 0.29) is 11.8 Å². The quantitative estimate of drug-likeness (QED) is 0.633. The van der Waals surface area contributed by atoms with Crippen LogP contribution in [0.15, 0.2) is 18.5 Å². The number of hydrogen-bond donors (Lipinski definition) is 3. The smallest absolute Gasteiger partial charge is 0.407 e. The van der Waals surface area contributed by atoms with Crippen molar-refractivity contribution < 1.29 is 9.90 Å². The largest absolute Gasteiger partial charge is 0.465 e. The maximum atomic E-state index is 11.3. The van der Waals surface area contributed by atoms with Gasteiger partial charge in [-0.05, 0) is 30.9 Å². The average molecular weight is 385 g/mol. The molecular formula is C19H27N7O2. The molecule has 3 aromatic heterocycles. The van der Waals surface area contributed by atoms with Crippen LogP contribution in [0.3, 0.4) is 0 Å². The minimum atomic E-state index is -0.872. The Bertz CT molecular complexity index is 962. The molecule has 0 unspecified atom stereocenters.